The Hall–Kier alpha value is -0.353. The topological polar surface area (TPSA) is 0 Å². The molecule has 5 aromatic carbocycles. The predicted octanol–water partition coefficient (Wildman–Crippen LogP) is 10.6. The van der Waals surface area contributed by atoms with E-state index in [2.05, 4.69) is 111 Å². The molecule has 0 aromatic heterocycles. The van der Waals surface area contributed by atoms with Crippen LogP contribution in [0.25, 0.3) is 21.5 Å². The zero-order chi connectivity index (χ0) is 27.1. The minimum atomic E-state index is -2.37. The first-order valence-corrected chi connectivity index (χ1v) is 24.6. The molecular formula is C29H29Cl5Si2Zr. The number of aryl methyl sites for hydroxylation is 2. The Morgan fingerprint density at radius 3 is 1.57 bits per heavy atom. The first kappa shape index (κ1) is 32.9. The number of hydrogen-bond acceptors (Lipinski definition) is 0. The molecule has 2 radical (unpaired) electrons. The zero-order valence-corrected chi connectivity index (χ0v) is 29.1. The fourth-order valence-electron chi connectivity index (χ4n) is 3.69. The van der Waals surface area contributed by atoms with Gasteiger partial charge in [0, 0.05) is 0 Å². The van der Waals surface area contributed by atoms with Gasteiger partial charge in [-0.25, -0.2) is 0 Å². The summed E-state index contributed by atoms with van der Waals surface area (Å²) in [5.74, 6) is 0. The van der Waals surface area contributed by atoms with Gasteiger partial charge in [-0.05, 0) is 6.04 Å². The number of halogens is 5. The molecule has 0 nitrogen and oxygen atoms in total. The molecule has 192 valence electrons. The molecule has 0 bridgehead atoms. The number of hydrogen-bond donors (Lipinski definition) is 0. The Kier molecular flexibility index (Phi) is 16.1. The van der Waals surface area contributed by atoms with Crippen molar-refractivity contribution in [1.82, 2.24) is 0 Å². The van der Waals surface area contributed by atoms with Crippen LogP contribution in [0.5, 0.6) is 0 Å². The number of fused-ring (bicyclic) bond motifs is 2. The summed E-state index contributed by atoms with van der Waals surface area (Å²) in [5, 5.41) is 6.78. The predicted molar refractivity (Wildman–Crippen MR) is 170 cm³/mol. The van der Waals surface area contributed by atoms with Gasteiger partial charge in [0.15, 0.2) is 0 Å². The summed E-state index contributed by atoms with van der Waals surface area (Å²) in [4.78, 5) is 0. The van der Waals surface area contributed by atoms with Crippen LogP contribution in [0, 0.1) is 13.8 Å². The van der Waals surface area contributed by atoms with Gasteiger partial charge in [0.05, 0.1) is 9.52 Å². The Balaban J connectivity index is 0.000000188. The third-order valence-electron chi connectivity index (χ3n) is 5.26. The Labute approximate surface area is 257 Å². The third-order valence-corrected chi connectivity index (χ3v) is 9.23. The molecule has 5 aromatic rings. The fourth-order valence-corrected chi connectivity index (χ4v) is 6.89. The van der Waals surface area contributed by atoms with Crippen molar-refractivity contribution < 1.29 is 20.8 Å². The van der Waals surface area contributed by atoms with Crippen molar-refractivity contribution in [2.24, 2.45) is 0 Å². The van der Waals surface area contributed by atoms with Crippen LogP contribution in [0.4, 0.5) is 0 Å². The quantitative estimate of drug-likeness (QED) is 0.0741. The molecule has 0 aliphatic carbocycles. The van der Waals surface area contributed by atoms with Crippen LogP contribution in [-0.4, -0.2) is 15.5 Å². The van der Waals surface area contributed by atoms with E-state index in [1.165, 1.54) is 37.9 Å². The van der Waals surface area contributed by atoms with Crippen LogP contribution >= 0.6 is 50.3 Å². The molecule has 0 heterocycles. The average Bonchev–Trinajstić information content (AvgIpc) is 3.43. The van der Waals surface area contributed by atoms with E-state index in [0.717, 1.165) is 28.0 Å². The maximum absolute atomic E-state index is 5.79. The molecule has 37 heavy (non-hydrogen) atoms. The first-order valence-electron chi connectivity index (χ1n) is 11.8. The molecule has 0 atom stereocenters. The Bertz CT molecular complexity index is 1160. The second-order valence-corrected chi connectivity index (χ2v) is 22.8. The van der Waals surface area contributed by atoms with Crippen molar-refractivity contribution in [1.29, 1.82) is 0 Å². The van der Waals surface area contributed by atoms with Crippen molar-refractivity contribution in [2.45, 2.75) is 32.4 Å². The van der Waals surface area contributed by atoms with E-state index in [0.29, 0.717) is 0 Å². The van der Waals surface area contributed by atoms with E-state index < -0.39 is 26.9 Å². The second-order valence-electron chi connectivity index (χ2n) is 8.41. The van der Waals surface area contributed by atoms with Crippen molar-refractivity contribution in [3.63, 3.8) is 0 Å². The summed E-state index contributed by atoms with van der Waals surface area (Å²) < 4.78 is 0. The molecule has 0 saturated carbocycles. The van der Waals surface area contributed by atoms with Gasteiger partial charge in [-0.15, -0.1) is 114 Å². The molecule has 8 heteroatoms. The van der Waals surface area contributed by atoms with Crippen molar-refractivity contribution in [3.8, 4) is 0 Å². The number of rotatable bonds is 5. The van der Waals surface area contributed by atoms with Crippen LogP contribution in [0.3, 0.4) is 0 Å². The molecule has 0 aliphatic rings. The fraction of sp³-hybridized carbons (Fsp3) is 0.172. The molecule has 0 fully saturated rings. The summed E-state index contributed by atoms with van der Waals surface area (Å²) in [6.45, 7) is 4.25. The van der Waals surface area contributed by atoms with Gasteiger partial charge in [0.1, 0.15) is 0 Å². The molecule has 0 spiro atoms. The van der Waals surface area contributed by atoms with Crippen molar-refractivity contribution >= 4 is 92.5 Å². The third kappa shape index (κ3) is 14.0. The van der Waals surface area contributed by atoms with E-state index in [1.54, 1.807) is 0 Å². The van der Waals surface area contributed by atoms with Gasteiger partial charge in [0.2, 0.25) is 0 Å². The molecule has 0 saturated heterocycles. The average molecular weight is 702 g/mol. The molecule has 0 N–H and O–H groups in total. The standard InChI is InChI=1S/2C10H9.C9H11Cl3Si2.2ClH.Zr/c2*1-8-6-9-4-2-3-5-10(9)7-8;10-14(11,12)8-4-7-13-9-5-2-1-3-6-9;;;/h2*2-7H,1H3;1-3,5-6H,4,7-8H2;2*1H;/q2*-1;;;;+4/p-2. The van der Waals surface area contributed by atoms with Gasteiger partial charge in [-0.1, -0.05) is 74.0 Å². The molecular weight excluding hydrogens is 673 g/mol. The molecule has 0 unspecified atom stereocenters. The van der Waals surface area contributed by atoms with Gasteiger partial charge in [-0.2, -0.15) is 12.1 Å². The summed E-state index contributed by atoms with van der Waals surface area (Å²) >= 11 is 16.5. The van der Waals surface area contributed by atoms with Crippen LogP contribution in [0.2, 0.25) is 12.1 Å². The van der Waals surface area contributed by atoms with Crippen LogP contribution in [0.1, 0.15) is 17.5 Å². The Morgan fingerprint density at radius 2 is 1.14 bits per heavy atom. The van der Waals surface area contributed by atoms with Gasteiger partial charge >= 0.3 is 43.9 Å². The molecule has 0 aliphatic heterocycles. The van der Waals surface area contributed by atoms with Gasteiger partial charge in [-0.3, -0.25) is 0 Å². The Morgan fingerprint density at radius 1 is 0.703 bits per heavy atom. The first-order chi connectivity index (χ1) is 17.7. The summed E-state index contributed by atoms with van der Waals surface area (Å²) in [5.41, 5.74) is 2.70. The monoisotopic (exact) mass is 698 g/mol. The van der Waals surface area contributed by atoms with Crippen molar-refractivity contribution in [3.05, 3.63) is 114 Å². The SMILES string of the molecule is Cc1cc2ccccc2[cH-]1.Cc1cc2ccccc2[cH-]1.Cl[Si](Cl)(Cl)CCC[Si]c1ccccc1.[Cl][Zr+2][Cl]. The minimum absolute atomic E-state index is 0.775. The van der Waals surface area contributed by atoms with Crippen LogP contribution < -0.4 is 5.19 Å². The van der Waals surface area contributed by atoms with Gasteiger partial charge in [0.25, 0.3) is 0 Å². The van der Waals surface area contributed by atoms with E-state index in [4.69, 9.17) is 50.3 Å². The summed E-state index contributed by atoms with van der Waals surface area (Å²) in [6, 6.07) is 35.6. The second kappa shape index (κ2) is 18.1. The van der Waals surface area contributed by atoms with E-state index >= 15 is 0 Å². The van der Waals surface area contributed by atoms with E-state index in [-0.39, 0.29) is 0 Å². The van der Waals surface area contributed by atoms with Crippen molar-refractivity contribution in [2.75, 3.05) is 0 Å². The summed E-state index contributed by atoms with van der Waals surface area (Å²) in [6.07, 6.45) is 1.02. The van der Waals surface area contributed by atoms with E-state index in [1.807, 2.05) is 6.07 Å². The molecule has 5 rings (SSSR count). The zero-order valence-electron chi connectivity index (χ0n) is 20.8. The van der Waals surface area contributed by atoms with Crippen LogP contribution in [-0.2, 0) is 20.8 Å². The number of benzene rings is 3. The maximum atomic E-state index is 5.79. The molecule has 0 amide bonds. The van der Waals surface area contributed by atoms with E-state index in [9.17, 15) is 0 Å². The normalized spacial score (nSPS) is 10.4. The van der Waals surface area contributed by atoms with Gasteiger partial charge < -0.3 is 0 Å². The van der Waals surface area contributed by atoms with Crippen LogP contribution in [0.15, 0.2) is 103 Å². The summed E-state index contributed by atoms with van der Waals surface area (Å²) in [7, 11) is 10.7.